The van der Waals surface area contributed by atoms with Crippen molar-refractivity contribution in [2.24, 2.45) is 13.0 Å². The van der Waals surface area contributed by atoms with Crippen molar-refractivity contribution in [3.63, 3.8) is 0 Å². The number of carbonyl (C=O) groups is 1. The summed E-state index contributed by atoms with van der Waals surface area (Å²) in [6.07, 6.45) is 4.08. The summed E-state index contributed by atoms with van der Waals surface area (Å²) < 4.78 is 7.62. The standard InChI is InChI=1S/C15H20N4O2S/c1-9(15-16-5-7-22-15)18-14(20)11-4-6-21-13(11)12-8-17-19(3)10(12)2/h5,7-9,11,13H,4,6H2,1-3H3,(H,18,20)/t9-,11-,13-/m0/s1. The fraction of sp³-hybridized carbons (Fsp3) is 0.533. The topological polar surface area (TPSA) is 69.0 Å². The van der Waals surface area contributed by atoms with Gasteiger partial charge in [0.05, 0.1) is 24.3 Å². The van der Waals surface area contributed by atoms with Gasteiger partial charge in [-0.25, -0.2) is 4.98 Å². The molecule has 3 rings (SSSR count). The van der Waals surface area contributed by atoms with E-state index in [9.17, 15) is 4.79 Å². The number of carbonyl (C=O) groups excluding carboxylic acids is 1. The van der Waals surface area contributed by atoms with Gasteiger partial charge in [-0.2, -0.15) is 5.10 Å². The molecule has 1 saturated heterocycles. The Morgan fingerprint density at radius 3 is 3.05 bits per heavy atom. The second-order valence-electron chi connectivity index (χ2n) is 5.60. The Morgan fingerprint density at radius 2 is 2.41 bits per heavy atom. The molecule has 22 heavy (non-hydrogen) atoms. The molecule has 1 N–H and O–H groups in total. The molecule has 0 radical (unpaired) electrons. The van der Waals surface area contributed by atoms with Gasteiger partial charge >= 0.3 is 0 Å². The summed E-state index contributed by atoms with van der Waals surface area (Å²) in [6.45, 7) is 4.55. The van der Waals surface area contributed by atoms with E-state index in [1.165, 1.54) is 0 Å². The Bertz CT molecular complexity index is 653. The third-order valence-electron chi connectivity index (χ3n) is 4.19. The van der Waals surface area contributed by atoms with Crippen LogP contribution >= 0.6 is 11.3 Å². The van der Waals surface area contributed by atoms with Crippen LogP contribution in [0, 0.1) is 12.8 Å². The lowest BCUT2D eigenvalue weighted by Crippen LogP contribution is -2.34. The van der Waals surface area contributed by atoms with Crippen LogP contribution in [0.4, 0.5) is 0 Å². The highest BCUT2D eigenvalue weighted by molar-refractivity contribution is 7.09. The zero-order chi connectivity index (χ0) is 15.7. The number of hydrogen-bond acceptors (Lipinski definition) is 5. The van der Waals surface area contributed by atoms with Crippen LogP contribution in [-0.4, -0.2) is 27.3 Å². The van der Waals surface area contributed by atoms with E-state index in [2.05, 4.69) is 15.4 Å². The number of amides is 1. The normalized spacial score (nSPS) is 22.7. The van der Waals surface area contributed by atoms with E-state index < -0.39 is 0 Å². The molecule has 6 nitrogen and oxygen atoms in total. The molecule has 0 spiro atoms. The minimum absolute atomic E-state index is 0.0217. The number of nitrogens with one attached hydrogen (secondary N) is 1. The fourth-order valence-electron chi connectivity index (χ4n) is 2.79. The summed E-state index contributed by atoms with van der Waals surface area (Å²) in [7, 11) is 1.90. The fourth-order valence-corrected chi connectivity index (χ4v) is 3.44. The molecule has 0 aromatic carbocycles. The van der Waals surface area contributed by atoms with Gasteiger partial charge in [0.25, 0.3) is 0 Å². The maximum Gasteiger partial charge on any atom is 0.226 e. The molecule has 2 aromatic heterocycles. The Balaban J connectivity index is 1.73. The van der Waals surface area contributed by atoms with Crippen LogP contribution in [0.5, 0.6) is 0 Å². The second kappa shape index (κ2) is 6.18. The van der Waals surface area contributed by atoms with Crippen LogP contribution in [0.1, 0.15) is 41.8 Å². The molecule has 1 aliphatic rings. The number of hydrogen-bond donors (Lipinski definition) is 1. The van der Waals surface area contributed by atoms with Gasteiger partial charge in [0, 0.05) is 36.5 Å². The minimum Gasteiger partial charge on any atom is -0.373 e. The SMILES string of the molecule is Cc1c([C@H]2OCC[C@@H]2C(=O)N[C@@H](C)c2nccs2)cnn1C. The van der Waals surface area contributed by atoms with Gasteiger partial charge in [-0.15, -0.1) is 11.3 Å². The summed E-state index contributed by atoms with van der Waals surface area (Å²) >= 11 is 1.55. The molecule has 7 heteroatoms. The number of rotatable bonds is 4. The van der Waals surface area contributed by atoms with Crippen molar-refractivity contribution >= 4 is 17.2 Å². The number of nitrogens with zero attached hydrogens (tertiary/aromatic N) is 3. The molecule has 2 aromatic rings. The van der Waals surface area contributed by atoms with Gasteiger partial charge in [-0.3, -0.25) is 9.48 Å². The molecular weight excluding hydrogens is 300 g/mol. The molecule has 0 bridgehead atoms. The van der Waals surface area contributed by atoms with Crippen LogP contribution in [0.2, 0.25) is 0 Å². The summed E-state index contributed by atoms with van der Waals surface area (Å²) in [5.41, 5.74) is 2.04. The van der Waals surface area contributed by atoms with Crippen molar-refractivity contribution in [3.8, 4) is 0 Å². The molecule has 3 heterocycles. The van der Waals surface area contributed by atoms with Crippen molar-refractivity contribution in [3.05, 3.63) is 34.0 Å². The highest BCUT2D eigenvalue weighted by Crippen LogP contribution is 2.36. The average Bonchev–Trinajstić information content (AvgIpc) is 3.21. The van der Waals surface area contributed by atoms with Crippen molar-refractivity contribution in [1.29, 1.82) is 0 Å². The highest BCUT2D eigenvalue weighted by atomic mass is 32.1. The maximum absolute atomic E-state index is 12.6. The first kappa shape index (κ1) is 15.2. The maximum atomic E-state index is 12.6. The summed E-state index contributed by atoms with van der Waals surface area (Å²) in [5.74, 6) is -0.154. The van der Waals surface area contributed by atoms with Crippen LogP contribution in [0.15, 0.2) is 17.8 Å². The summed E-state index contributed by atoms with van der Waals surface area (Å²) in [4.78, 5) is 16.9. The first-order valence-corrected chi connectivity index (χ1v) is 8.25. The Labute approximate surface area is 133 Å². The summed E-state index contributed by atoms with van der Waals surface area (Å²) in [5, 5.41) is 10.1. The van der Waals surface area contributed by atoms with Gasteiger partial charge in [-0.05, 0) is 20.3 Å². The first-order chi connectivity index (χ1) is 10.6. The largest absolute Gasteiger partial charge is 0.373 e. The Kier molecular flexibility index (Phi) is 4.26. The third-order valence-corrected chi connectivity index (χ3v) is 5.15. The summed E-state index contributed by atoms with van der Waals surface area (Å²) in [6, 6.07) is -0.0799. The number of aryl methyl sites for hydroxylation is 1. The van der Waals surface area contributed by atoms with Crippen molar-refractivity contribution in [2.45, 2.75) is 32.4 Å². The smallest absolute Gasteiger partial charge is 0.226 e. The molecule has 118 valence electrons. The van der Waals surface area contributed by atoms with Gasteiger partial charge < -0.3 is 10.1 Å². The van der Waals surface area contributed by atoms with Crippen molar-refractivity contribution in [2.75, 3.05) is 6.61 Å². The molecule has 1 fully saturated rings. The quantitative estimate of drug-likeness (QED) is 0.937. The van der Waals surface area contributed by atoms with E-state index in [0.717, 1.165) is 22.7 Å². The number of thiazole rings is 1. The first-order valence-electron chi connectivity index (χ1n) is 7.37. The minimum atomic E-state index is -0.211. The molecule has 1 aliphatic heterocycles. The number of aromatic nitrogens is 3. The molecular formula is C15H20N4O2S. The van der Waals surface area contributed by atoms with E-state index in [-0.39, 0.29) is 24.0 Å². The lowest BCUT2D eigenvalue weighted by atomic mass is 9.94. The van der Waals surface area contributed by atoms with Gasteiger partial charge in [-0.1, -0.05) is 0 Å². The third kappa shape index (κ3) is 2.78. The van der Waals surface area contributed by atoms with Crippen LogP contribution < -0.4 is 5.32 Å². The number of ether oxygens (including phenoxy) is 1. The van der Waals surface area contributed by atoms with E-state index in [1.54, 1.807) is 23.7 Å². The van der Waals surface area contributed by atoms with Gasteiger partial charge in [0.1, 0.15) is 5.01 Å². The average molecular weight is 320 g/mol. The Hall–Kier alpha value is -1.73. The van der Waals surface area contributed by atoms with E-state index in [0.29, 0.717) is 6.61 Å². The zero-order valence-electron chi connectivity index (χ0n) is 12.9. The van der Waals surface area contributed by atoms with E-state index >= 15 is 0 Å². The van der Waals surface area contributed by atoms with Crippen molar-refractivity contribution < 1.29 is 9.53 Å². The Morgan fingerprint density at radius 1 is 1.59 bits per heavy atom. The predicted octanol–water partition coefficient (Wildman–Crippen LogP) is 2.14. The molecule has 0 unspecified atom stereocenters. The molecule has 0 saturated carbocycles. The van der Waals surface area contributed by atoms with Crippen LogP contribution in [-0.2, 0) is 16.6 Å². The van der Waals surface area contributed by atoms with E-state index in [1.807, 2.05) is 31.0 Å². The lowest BCUT2D eigenvalue weighted by Gasteiger charge is -2.20. The van der Waals surface area contributed by atoms with Gasteiger partial charge in [0.2, 0.25) is 5.91 Å². The van der Waals surface area contributed by atoms with Gasteiger partial charge in [0.15, 0.2) is 0 Å². The molecule has 1 amide bonds. The van der Waals surface area contributed by atoms with Crippen LogP contribution in [0.3, 0.4) is 0 Å². The van der Waals surface area contributed by atoms with Crippen LogP contribution in [0.25, 0.3) is 0 Å². The predicted molar refractivity (Wildman–Crippen MR) is 83.4 cm³/mol. The molecule has 3 atom stereocenters. The molecule has 0 aliphatic carbocycles. The highest BCUT2D eigenvalue weighted by Gasteiger charge is 2.37. The van der Waals surface area contributed by atoms with Crippen molar-refractivity contribution in [1.82, 2.24) is 20.1 Å². The zero-order valence-corrected chi connectivity index (χ0v) is 13.8. The lowest BCUT2D eigenvalue weighted by molar-refractivity contribution is -0.127. The van der Waals surface area contributed by atoms with E-state index in [4.69, 9.17) is 4.74 Å². The second-order valence-corrected chi connectivity index (χ2v) is 6.52. The monoisotopic (exact) mass is 320 g/mol.